The summed E-state index contributed by atoms with van der Waals surface area (Å²) >= 11 is 8.84. The molecule has 4 nitrogen and oxygen atoms in total. The Labute approximate surface area is 183 Å². The van der Waals surface area contributed by atoms with E-state index in [-0.39, 0.29) is 0 Å². The standard InChI is InChI=1S/C23H19BrN4S/c1-15-6-12-18(13-7-15)26-23(29)28-25-14-20-19-4-2-3-5-21(19)27-22(20)16-8-10-17(24)11-9-16/h2-14,27H,1H3,(H2,26,28,29)/b25-14+. The van der Waals surface area contributed by atoms with Crippen LogP contribution in [0.1, 0.15) is 11.1 Å². The van der Waals surface area contributed by atoms with Crippen LogP contribution >= 0.6 is 28.1 Å². The number of hydrazone groups is 1. The molecular weight excluding hydrogens is 444 g/mol. The molecule has 0 saturated carbocycles. The summed E-state index contributed by atoms with van der Waals surface area (Å²) in [5, 5.41) is 9.05. The molecule has 0 unspecified atom stereocenters. The predicted octanol–water partition coefficient (Wildman–Crippen LogP) is 6.23. The molecule has 4 rings (SSSR count). The van der Waals surface area contributed by atoms with E-state index in [1.165, 1.54) is 5.56 Å². The summed E-state index contributed by atoms with van der Waals surface area (Å²) in [6.07, 6.45) is 1.80. The lowest BCUT2D eigenvalue weighted by Gasteiger charge is -2.07. The normalized spacial score (nSPS) is 11.1. The van der Waals surface area contributed by atoms with Gasteiger partial charge in [-0.05, 0) is 55.0 Å². The van der Waals surface area contributed by atoms with Crippen LogP contribution in [0.2, 0.25) is 0 Å². The minimum absolute atomic E-state index is 0.440. The number of hydrogen-bond acceptors (Lipinski definition) is 2. The highest BCUT2D eigenvalue weighted by Crippen LogP contribution is 2.29. The van der Waals surface area contributed by atoms with Crippen LogP contribution in [0.3, 0.4) is 0 Å². The molecule has 0 amide bonds. The summed E-state index contributed by atoms with van der Waals surface area (Å²) in [5.74, 6) is 0. The van der Waals surface area contributed by atoms with E-state index in [0.29, 0.717) is 5.11 Å². The zero-order valence-electron chi connectivity index (χ0n) is 15.7. The Kier molecular flexibility index (Phi) is 5.74. The highest BCUT2D eigenvalue weighted by Gasteiger charge is 2.11. The van der Waals surface area contributed by atoms with Gasteiger partial charge in [-0.1, -0.05) is 64.0 Å². The van der Waals surface area contributed by atoms with E-state index in [1.54, 1.807) is 6.21 Å². The summed E-state index contributed by atoms with van der Waals surface area (Å²) in [6, 6.07) is 24.4. The van der Waals surface area contributed by atoms with Crippen molar-refractivity contribution in [3.8, 4) is 11.3 Å². The first kappa shape index (κ1) is 19.4. The lowest BCUT2D eigenvalue weighted by molar-refractivity contribution is 1.05. The van der Waals surface area contributed by atoms with E-state index in [9.17, 15) is 0 Å². The van der Waals surface area contributed by atoms with Crippen LogP contribution in [0.15, 0.2) is 82.4 Å². The van der Waals surface area contributed by atoms with Gasteiger partial charge in [0.1, 0.15) is 0 Å². The van der Waals surface area contributed by atoms with Gasteiger partial charge in [-0.15, -0.1) is 0 Å². The van der Waals surface area contributed by atoms with Gasteiger partial charge in [-0.25, -0.2) is 0 Å². The van der Waals surface area contributed by atoms with Crippen molar-refractivity contribution in [3.05, 3.63) is 88.4 Å². The fourth-order valence-electron chi connectivity index (χ4n) is 3.09. The number of thiocarbonyl (C=S) groups is 1. The second-order valence-corrected chi connectivity index (χ2v) is 7.98. The Morgan fingerprint density at radius 3 is 2.48 bits per heavy atom. The number of aromatic amines is 1. The van der Waals surface area contributed by atoms with Crippen LogP contribution in [0, 0.1) is 6.92 Å². The van der Waals surface area contributed by atoms with E-state index >= 15 is 0 Å². The summed E-state index contributed by atoms with van der Waals surface area (Å²) in [7, 11) is 0. The average molecular weight is 463 g/mol. The van der Waals surface area contributed by atoms with E-state index in [4.69, 9.17) is 12.2 Å². The van der Waals surface area contributed by atoms with Gasteiger partial charge in [0.05, 0.1) is 11.9 Å². The van der Waals surface area contributed by atoms with Crippen LogP contribution in [-0.4, -0.2) is 16.3 Å². The Balaban J connectivity index is 1.57. The molecule has 0 fully saturated rings. The molecule has 0 aliphatic rings. The maximum absolute atomic E-state index is 5.35. The number of nitrogens with zero attached hydrogens (tertiary/aromatic N) is 1. The Morgan fingerprint density at radius 2 is 1.72 bits per heavy atom. The monoisotopic (exact) mass is 462 g/mol. The third-order valence-electron chi connectivity index (χ3n) is 4.55. The van der Waals surface area contributed by atoms with Crippen molar-refractivity contribution in [1.29, 1.82) is 0 Å². The predicted molar refractivity (Wildman–Crippen MR) is 130 cm³/mol. The topological polar surface area (TPSA) is 52.2 Å². The van der Waals surface area contributed by atoms with Crippen molar-refractivity contribution in [2.24, 2.45) is 5.10 Å². The quantitative estimate of drug-likeness (QED) is 0.191. The number of benzene rings is 3. The molecule has 3 N–H and O–H groups in total. The van der Waals surface area contributed by atoms with Crippen molar-refractivity contribution in [2.75, 3.05) is 5.32 Å². The highest BCUT2D eigenvalue weighted by atomic mass is 79.9. The third-order valence-corrected chi connectivity index (χ3v) is 5.27. The second kappa shape index (κ2) is 8.59. The number of aryl methyl sites for hydroxylation is 1. The lowest BCUT2D eigenvalue weighted by Crippen LogP contribution is -2.23. The number of rotatable bonds is 4. The molecule has 1 aromatic heterocycles. The SMILES string of the molecule is Cc1ccc(NC(=S)N/N=C/c2c(-c3ccc(Br)cc3)[nH]c3ccccc23)cc1. The third kappa shape index (κ3) is 4.55. The van der Waals surface area contributed by atoms with Gasteiger partial charge in [-0.2, -0.15) is 5.10 Å². The molecule has 6 heteroatoms. The van der Waals surface area contributed by atoms with E-state index < -0.39 is 0 Å². The van der Waals surface area contributed by atoms with Gasteiger partial charge in [0, 0.05) is 26.6 Å². The molecule has 0 bridgehead atoms. The summed E-state index contributed by atoms with van der Waals surface area (Å²) < 4.78 is 1.04. The first-order chi connectivity index (χ1) is 14.1. The Bertz CT molecular complexity index is 1180. The molecule has 144 valence electrons. The fraction of sp³-hybridized carbons (Fsp3) is 0.0435. The maximum Gasteiger partial charge on any atom is 0.191 e. The van der Waals surface area contributed by atoms with Crippen LogP contribution < -0.4 is 10.7 Å². The minimum atomic E-state index is 0.440. The van der Waals surface area contributed by atoms with Crippen molar-refractivity contribution in [2.45, 2.75) is 6.92 Å². The van der Waals surface area contributed by atoms with Crippen molar-refractivity contribution in [3.63, 3.8) is 0 Å². The number of aromatic nitrogens is 1. The zero-order valence-corrected chi connectivity index (χ0v) is 18.1. The number of fused-ring (bicyclic) bond motifs is 1. The molecule has 0 aliphatic carbocycles. The maximum atomic E-state index is 5.35. The number of halogens is 1. The Hall–Kier alpha value is -2.96. The van der Waals surface area contributed by atoms with Gasteiger partial charge < -0.3 is 10.3 Å². The number of nitrogens with one attached hydrogen (secondary N) is 3. The van der Waals surface area contributed by atoms with Gasteiger partial charge in [0.15, 0.2) is 5.11 Å². The molecule has 0 spiro atoms. The average Bonchev–Trinajstić information content (AvgIpc) is 3.09. The first-order valence-electron chi connectivity index (χ1n) is 9.13. The van der Waals surface area contributed by atoms with Crippen molar-refractivity contribution in [1.82, 2.24) is 10.4 Å². The van der Waals surface area contributed by atoms with Crippen molar-refractivity contribution >= 4 is 56.1 Å². The smallest absolute Gasteiger partial charge is 0.191 e. The number of hydrogen-bond donors (Lipinski definition) is 3. The number of H-pyrrole nitrogens is 1. The lowest BCUT2D eigenvalue weighted by atomic mass is 10.1. The second-order valence-electron chi connectivity index (χ2n) is 6.66. The minimum Gasteiger partial charge on any atom is -0.354 e. The van der Waals surface area contributed by atoms with E-state index in [0.717, 1.165) is 37.9 Å². The van der Waals surface area contributed by atoms with E-state index in [2.05, 4.69) is 67.9 Å². The molecule has 3 aromatic carbocycles. The van der Waals surface area contributed by atoms with Crippen molar-refractivity contribution < 1.29 is 0 Å². The van der Waals surface area contributed by atoms with Gasteiger partial charge >= 0.3 is 0 Å². The molecule has 0 saturated heterocycles. The molecule has 4 aromatic rings. The summed E-state index contributed by atoms with van der Waals surface area (Å²) in [6.45, 7) is 2.05. The van der Waals surface area contributed by atoms with E-state index in [1.807, 2.05) is 48.5 Å². The first-order valence-corrected chi connectivity index (χ1v) is 10.3. The summed E-state index contributed by atoms with van der Waals surface area (Å²) in [4.78, 5) is 3.50. The Morgan fingerprint density at radius 1 is 1.00 bits per heavy atom. The molecule has 1 heterocycles. The molecule has 0 aliphatic heterocycles. The van der Waals surface area contributed by atoms with Crippen LogP contribution in [0.4, 0.5) is 5.69 Å². The molecular formula is C23H19BrN4S. The number of para-hydroxylation sites is 1. The zero-order chi connectivity index (χ0) is 20.2. The molecule has 0 radical (unpaired) electrons. The molecule has 29 heavy (non-hydrogen) atoms. The highest BCUT2D eigenvalue weighted by molar-refractivity contribution is 9.10. The molecule has 0 atom stereocenters. The largest absolute Gasteiger partial charge is 0.354 e. The van der Waals surface area contributed by atoms with Gasteiger partial charge in [0.25, 0.3) is 0 Å². The summed E-state index contributed by atoms with van der Waals surface area (Å²) in [5.41, 5.74) is 9.20. The van der Waals surface area contributed by atoms with Crippen LogP contribution in [0.5, 0.6) is 0 Å². The number of anilines is 1. The van der Waals surface area contributed by atoms with Gasteiger partial charge in [-0.3, -0.25) is 5.43 Å². The van der Waals surface area contributed by atoms with Crippen LogP contribution in [-0.2, 0) is 0 Å². The van der Waals surface area contributed by atoms with Crippen LogP contribution in [0.25, 0.3) is 22.2 Å². The fourth-order valence-corrected chi connectivity index (χ4v) is 3.53. The van der Waals surface area contributed by atoms with Gasteiger partial charge in [0.2, 0.25) is 0 Å².